The van der Waals surface area contributed by atoms with Crippen molar-refractivity contribution in [2.24, 2.45) is 44.8 Å². The van der Waals surface area contributed by atoms with Crippen molar-refractivity contribution in [2.45, 2.75) is 121 Å². The Kier molecular flexibility index (Phi) is 13.9. The topological polar surface area (TPSA) is 182 Å². The number of nitrogens with two attached hydrogens (primary N) is 1. The highest BCUT2D eigenvalue weighted by atomic mass is 16.5. The van der Waals surface area contributed by atoms with Gasteiger partial charge in [-0.3, -0.25) is 4.99 Å². The molecule has 1 spiro atoms. The molecule has 11 nitrogen and oxygen atoms in total. The molecular formula is C57H70N4O7. The Hall–Kier alpha value is -4.88. The smallest absolute Gasteiger partial charge is 0.196 e. The van der Waals surface area contributed by atoms with E-state index in [1.54, 1.807) is 13.0 Å². The normalized spacial score (nSPS) is 27.6. The van der Waals surface area contributed by atoms with Crippen LogP contribution in [0.3, 0.4) is 0 Å². The lowest BCUT2D eigenvalue weighted by molar-refractivity contribution is 0.119. The monoisotopic (exact) mass is 923 g/mol. The van der Waals surface area contributed by atoms with Crippen LogP contribution in [0.15, 0.2) is 94.2 Å². The van der Waals surface area contributed by atoms with Gasteiger partial charge in [-0.25, -0.2) is 0 Å². The lowest BCUT2D eigenvalue weighted by Crippen LogP contribution is -2.41. The van der Waals surface area contributed by atoms with E-state index in [9.17, 15) is 25.5 Å². The highest BCUT2D eigenvalue weighted by Gasteiger charge is 2.59. The van der Waals surface area contributed by atoms with Gasteiger partial charge in [-0.1, -0.05) is 92.9 Å². The first-order valence-electron chi connectivity index (χ1n) is 25.5. The van der Waals surface area contributed by atoms with Gasteiger partial charge in [-0.2, -0.15) is 12.0 Å². The van der Waals surface area contributed by atoms with Gasteiger partial charge in [0, 0.05) is 43.2 Å². The van der Waals surface area contributed by atoms with Gasteiger partial charge in [-0.15, -0.1) is 4.99 Å². The van der Waals surface area contributed by atoms with E-state index >= 15 is 0 Å². The summed E-state index contributed by atoms with van der Waals surface area (Å²) in [6, 6.07) is 14.5. The van der Waals surface area contributed by atoms with Crippen molar-refractivity contribution in [1.82, 2.24) is 5.32 Å². The van der Waals surface area contributed by atoms with Crippen molar-refractivity contribution in [2.75, 3.05) is 32.8 Å². The first-order valence-corrected chi connectivity index (χ1v) is 25.5. The Morgan fingerprint density at radius 3 is 2.82 bits per heavy atom. The number of ether oxygens (including phenoxy) is 2. The fraction of sp³-hybridized carbons (Fsp3) is 0.509. The molecule has 2 saturated carbocycles. The number of aromatic hydroxyl groups is 1. The van der Waals surface area contributed by atoms with E-state index in [4.69, 9.17) is 20.2 Å². The number of benzene rings is 3. The Labute approximate surface area is 401 Å². The molecule has 68 heavy (non-hydrogen) atoms. The van der Waals surface area contributed by atoms with Crippen LogP contribution < -0.4 is 26.4 Å². The quantitative estimate of drug-likeness (QED) is 0.0344. The molecule has 3 aliphatic heterocycles. The molecule has 8 aliphatic rings. The van der Waals surface area contributed by atoms with Crippen molar-refractivity contribution in [1.29, 1.82) is 0 Å². The Bertz CT molecular complexity index is 2620. The summed E-state index contributed by atoms with van der Waals surface area (Å²) in [7, 11) is 0. The summed E-state index contributed by atoms with van der Waals surface area (Å²) in [6.07, 6.45) is 25.9. The Morgan fingerprint density at radius 2 is 1.96 bits per heavy atom. The molecule has 3 aromatic rings. The predicted molar refractivity (Wildman–Crippen MR) is 267 cm³/mol. The van der Waals surface area contributed by atoms with Crippen LogP contribution in [0, 0.1) is 41.0 Å². The van der Waals surface area contributed by atoms with Crippen LogP contribution in [0.1, 0.15) is 107 Å². The fourth-order valence-electron chi connectivity index (χ4n) is 12.6. The van der Waals surface area contributed by atoms with Gasteiger partial charge in [0.1, 0.15) is 12.2 Å². The maximum Gasteiger partial charge on any atom is 0.196 e. The number of phenolic OH excluding ortho intramolecular Hbond substituents is 1. The molecule has 10 atom stereocenters. The second kappa shape index (κ2) is 20.2. The minimum atomic E-state index is -0.966. The summed E-state index contributed by atoms with van der Waals surface area (Å²) < 4.78 is 12.4. The van der Waals surface area contributed by atoms with Gasteiger partial charge in [0.15, 0.2) is 29.4 Å². The van der Waals surface area contributed by atoms with Gasteiger partial charge in [-0.05, 0) is 115 Å². The molecule has 5 aliphatic carbocycles. The van der Waals surface area contributed by atoms with Crippen LogP contribution in [0.25, 0.3) is 22.9 Å². The zero-order chi connectivity index (χ0) is 46.9. The number of aliphatic imine (C=N–C) groups is 1. The van der Waals surface area contributed by atoms with E-state index in [-0.39, 0.29) is 54.3 Å². The third-order valence-corrected chi connectivity index (χ3v) is 16.2. The van der Waals surface area contributed by atoms with Gasteiger partial charge in [0.25, 0.3) is 0 Å². The third-order valence-electron chi connectivity index (χ3n) is 16.2. The van der Waals surface area contributed by atoms with Crippen LogP contribution in [0.2, 0.25) is 0 Å². The molecule has 2 bridgehead atoms. The molecule has 360 valence electrons. The summed E-state index contributed by atoms with van der Waals surface area (Å²) in [5.41, 5.74) is 12.0. The zero-order valence-electron chi connectivity index (χ0n) is 39.5. The molecule has 0 radical (unpaired) electrons. The molecule has 0 aromatic heterocycles. The van der Waals surface area contributed by atoms with Crippen LogP contribution in [0.4, 0.5) is 0 Å². The predicted octanol–water partition coefficient (Wildman–Crippen LogP) is 6.79. The summed E-state index contributed by atoms with van der Waals surface area (Å²) in [6.45, 7) is 3.73. The number of nitrogens with zero attached hydrogens (tertiary/aromatic N) is 2. The Balaban J connectivity index is 0.654. The SMILES string of the molecule is C[C@H](O)CNC[C@H]1C2=C[C+]([C@@H](O)COc3cc(CCC4=C[C-](CO)C(CCCCCC[C@H](N)C[C@H]5C=Cc6c(ccc7cc8c(cc67)=CCN=8)[C@@H]5O)O4)ccc3O)N=C2[C@H]2C=C[C@@]13CCC[C@@H]3C2. The highest BCUT2D eigenvalue weighted by Crippen LogP contribution is 2.60. The third kappa shape index (κ3) is 9.55. The summed E-state index contributed by atoms with van der Waals surface area (Å²) in [5.74, 6) is 3.14. The number of nitrogens with one attached hydrogen (secondary N) is 1. The minimum Gasteiger partial charge on any atom is -0.592 e. The second-order valence-electron chi connectivity index (χ2n) is 20.8. The molecule has 0 amide bonds. The largest absolute Gasteiger partial charge is 0.592 e. The summed E-state index contributed by atoms with van der Waals surface area (Å²) in [4.78, 5) is 9.62. The first kappa shape index (κ1) is 46.8. The van der Waals surface area contributed by atoms with Crippen LogP contribution in [-0.4, -0.2) is 88.4 Å². The van der Waals surface area contributed by atoms with Crippen LogP contribution >= 0.6 is 0 Å². The highest BCUT2D eigenvalue weighted by molar-refractivity contribution is 6.07. The molecule has 8 N–H and O–H groups in total. The molecule has 11 heteroatoms. The lowest BCUT2D eigenvalue weighted by Gasteiger charge is -2.39. The summed E-state index contributed by atoms with van der Waals surface area (Å²) >= 11 is 0. The van der Waals surface area contributed by atoms with Crippen LogP contribution in [-0.2, 0) is 11.2 Å². The molecule has 3 aromatic carbocycles. The number of allylic oxidation sites excluding steroid dienone is 3. The average Bonchev–Trinajstić information content (AvgIpc) is 4.15. The van der Waals surface area contributed by atoms with Crippen molar-refractivity contribution in [3.8, 4) is 11.5 Å². The second-order valence-corrected chi connectivity index (χ2v) is 20.8. The minimum absolute atomic E-state index is 0.00836. The number of aryl methyl sites for hydroxylation is 1. The molecule has 3 heterocycles. The number of aliphatic hydroxyl groups is 4. The maximum atomic E-state index is 11.4. The first-order chi connectivity index (χ1) is 33.1. The number of aliphatic hydroxyl groups excluding tert-OH is 4. The van der Waals surface area contributed by atoms with Gasteiger partial charge >= 0.3 is 0 Å². The average molecular weight is 923 g/mol. The van der Waals surface area contributed by atoms with E-state index in [0.717, 1.165) is 121 Å². The number of rotatable bonds is 21. The van der Waals surface area contributed by atoms with E-state index in [0.29, 0.717) is 37.1 Å². The number of unbranched alkanes of at least 4 members (excludes halogenated alkanes) is 3. The van der Waals surface area contributed by atoms with E-state index < -0.39 is 18.3 Å². The maximum absolute atomic E-state index is 11.4. The van der Waals surface area contributed by atoms with E-state index in [2.05, 4.69) is 71.0 Å². The van der Waals surface area contributed by atoms with Crippen molar-refractivity contribution in [3.05, 3.63) is 123 Å². The number of hydrogen-bond donors (Lipinski definition) is 7. The fourth-order valence-corrected chi connectivity index (χ4v) is 12.6. The van der Waals surface area contributed by atoms with Crippen LogP contribution in [0.5, 0.6) is 11.5 Å². The van der Waals surface area contributed by atoms with Crippen molar-refractivity contribution in [3.63, 3.8) is 0 Å². The molecule has 11 rings (SSSR count). The van der Waals surface area contributed by atoms with Gasteiger partial charge in [0.2, 0.25) is 0 Å². The molecule has 1 unspecified atom stereocenters. The summed E-state index contributed by atoms with van der Waals surface area (Å²) in [5, 5.41) is 61.8. The van der Waals surface area contributed by atoms with E-state index in [1.165, 1.54) is 23.6 Å². The molecule has 0 saturated heterocycles. The zero-order valence-corrected chi connectivity index (χ0v) is 39.5. The lowest BCUT2D eigenvalue weighted by atomic mass is 9.64. The number of fused-ring (bicyclic) bond motifs is 4. The molecule has 2 fully saturated rings. The standard InChI is InChI=1S/C57H70N4O7/c1-34(63)30-59-31-48-47-29-50(61-55(47)38-18-21-57(48)20-6-7-41(57)24-38)52(65)33-67-54-23-35(11-17-51(54)64)10-14-43-26-40(32-62)53(68-43)9-5-3-2-4-8-42(58)25-39-13-15-44-45(56(39)66)16-12-36-28-49-37(19-22-60-49)27-46(36)44/h11-13,15-19,21,23,26-29,34,38-39,41-42,48,52-53,56,59,62-66H,2-10,14,20,22,24-25,30-33,58H2,1H3/t34-,38-,39+,41+,42-,48-,52-,53?,56+,57+/m0/s1. The number of hydrogen-bond acceptors (Lipinski definition) is 11. The van der Waals surface area contributed by atoms with Crippen molar-refractivity contribution < 1.29 is 35.0 Å². The number of phenols is 1. The van der Waals surface area contributed by atoms with Gasteiger partial charge < -0.3 is 46.1 Å². The van der Waals surface area contributed by atoms with Crippen molar-refractivity contribution >= 4 is 28.6 Å². The van der Waals surface area contributed by atoms with Gasteiger partial charge in [0.05, 0.1) is 42.0 Å². The molecular weight excluding hydrogens is 853 g/mol. The van der Waals surface area contributed by atoms with E-state index in [1.807, 2.05) is 18.2 Å². The Morgan fingerprint density at radius 1 is 1.07 bits per heavy atom.